The van der Waals surface area contributed by atoms with E-state index in [9.17, 15) is 9.59 Å². The summed E-state index contributed by atoms with van der Waals surface area (Å²) in [5, 5.41) is 2.61. The monoisotopic (exact) mass is 185 g/mol. The maximum absolute atomic E-state index is 10.8. The molecule has 1 saturated carbocycles. The Morgan fingerprint density at radius 2 is 2.54 bits per heavy atom. The van der Waals surface area contributed by atoms with Gasteiger partial charge < -0.3 is 14.8 Å². The summed E-state index contributed by atoms with van der Waals surface area (Å²) >= 11 is 0. The van der Waals surface area contributed by atoms with Gasteiger partial charge in [0.1, 0.15) is 11.7 Å². The summed E-state index contributed by atoms with van der Waals surface area (Å²) in [6.45, 7) is 0.985. The summed E-state index contributed by atoms with van der Waals surface area (Å²) in [4.78, 5) is 20.9. The summed E-state index contributed by atoms with van der Waals surface area (Å²) in [5.41, 5.74) is -0.412. The lowest BCUT2D eigenvalue weighted by molar-refractivity contribution is -0.133. The maximum Gasteiger partial charge on any atom is 0.407 e. The minimum Gasteiger partial charge on any atom is -0.464 e. The second kappa shape index (κ2) is 2.90. The van der Waals surface area contributed by atoms with Crippen LogP contribution in [0.4, 0.5) is 4.79 Å². The highest BCUT2D eigenvalue weighted by molar-refractivity contribution is 5.70. The van der Waals surface area contributed by atoms with Gasteiger partial charge >= 0.3 is 6.09 Å². The molecule has 72 valence electrons. The lowest BCUT2D eigenvalue weighted by atomic mass is 10.0. The first-order chi connectivity index (χ1) is 6.24. The van der Waals surface area contributed by atoms with Crippen LogP contribution >= 0.6 is 0 Å². The van der Waals surface area contributed by atoms with Gasteiger partial charge in [-0.2, -0.15) is 0 Å². The average molecular weight is 185 g/mol. The van der Waals surface area contributed by atoms with Crippen LogP contribution in [0.2, 0.25) is 0 Å². The van der Waals surface area contributed by atoms with Gasteiger partial charge in [0.2, 0.25) is 0 Å². The summed E-state index contributed by atoms with van der Waals surface area (Å²) in [7, 11) is 0. The van der Waals surface area contributed by atoms with Gasteiger partial charge in [-0.1, -0.05) is 0 Å². The Labute approximate surface area is 75.4 Å². The molecule has 1 aliphatic carbocycles. The van der Waals surface area contributed by atoms with Crippen LogP contribution < -0.4 is 5.32 Å². The van der Waals surface area contributed by atoms with Crippen molar-refractivity contribution >= 4 is 12.6 Å². The molecule has 5 nitrogen and oxygen atoms in total. The zero-order valence-corrected chi connectivity index (χ0v) is 7.12. The lowest BCUT2D eigenvalue weighted by Gasteiger charge is -2.19. The predicted octanol–water partition coefficient (Wildman–Crippen LogP) is 0.191. The van der Waals surface area contributed by atoms with Crippen molar-refractivity contribution < 1.29 is 19.1 Å². The Kier molecular flexibility index (Phi) is 1.86. The van der Waals surface area contributed by atoms with Crippen LogP contribution in [0.25, 0.3) is 0 Å². The van der Waals surface area contributed by atoms with Crippen molar-refractivity contribution in [2.75, 3.05) is 6.54 Å². The van der Waals surface area contributed by atoms with E-state index in [4.69, 9.17) is 9.47 Å². The number of carbonyl (C=O) groups is 2. The molecule has 0 aromatic heterocycles. The number of amides is 1. The minimum absolute atomic E-state index is 0.0924. The first-order valence-corrected chi connectivity index (χ1v) is 4.30. The van der Waals surface area contributed by atoms with Crippen LogP contribution in [0.3, 0.4) is 0 Å². The quantitative estimate of drug-likeness (QED) is 0.624. The van der Waals surface area contributed by atoms with E-state index in [2.05, 4.69) is 5.32 Å². The van der Waals surface area contributed by atoms with E-state index in [1.165, 1.54) is 0 Å². The molecule has 5 heteroatoms. The Balaban J connectivity index is 1.96. The van der Waals surface area contributed by atoms with Crippen molar-refractivity contribution in [2.45, 2.75) is 31.0 Å². The summed E-state index contributed by atoms with van der Waals surface area (Å²) in [6, 6.07) is 0. The molecule has 1 unspecified atom stereocenters. The van der Waals surface area contributed by atoms with Crippen molar-refractivity contribution in [3.05, 3.63) is 0 Å². The van der Waals surface area contributed by atoms with Crippen LogP contribution in [0.15, 0.2) is 0 Å². The Bertz CT molecular complexity index is 242. The molecule has 1 spiro atoms. The Morgan fingerprint density at radius 3 is 3.15 bits per heavy atom. The molecule has 0 aromatic carbocycles. The molecule has 1 amide bonds. The molecule has 1 N–H and O–H groups in total. The van der Waals surface area contributed by atoms with E-state index >= 15 is 0 Å². The second-order valence-electron chi connectivity index (χ2n) is 3.52. The van der Waals surface area contributed by atoms with Crippen LogP contribution in [0.1, 0.15) is 19.3 Å². The molecule has 0 radical (unpaired) electrons. The van der Waals surface area contributed by atoms with E-state index in [1.807, 2.05) is 0 Å². The zero-order valence-electron chi connectivity index (χ0n) is 7.12. The van der Waals surface area contributed by atoms with Crippen molar-refractivity contribution in [1.29, 1.82) is 0 Å². The molecule has 2 atom stereocenters. The predicted molar refractivity (Wildman–Crippen MR) is 42.0 cm³/mol. The molecule has 1 heterocycles. The van der Waals surface area contributed by atoms with Crippen LogP contribution in [-0.4, -0.2) is 30.8 Å². The molecule has 2 aliphatic rings. The average Bonchev–Trinajstić information content (AvgIpc) is 2.62. The molecular weight excluding hydrogens is 174 g/mol. The van der Waals surface area contributed by atoms with E-state index < -0.39 is 5.60 Å². The number of rotatable bonds is 2. The van der Waals surface area contributed by atoms with Crippen molar-refractivity contribution in [2.24, 2.45) is 0 Å². The van der Waals surface area contributed by atoms with E-state index in [0.717, 1.165) is 12.8 Å². The first kappa shape index (κ1) is 8.34. The molecule has 1 aliphatic heterocycles. The zero-order chi connectivity index (χ0) is 9.31. The third-order valence-electron chi connectivity index (χ3n) is 2.63. The van der Waals surface area contributed by atoms with Crippen molar-refractivity contribution in [3.63, 3.8) is 0 Å². The normalized spacial score (nSPS) is 37.2. The topological polar surface area (TPSA) is 64.6 Å². The molecule has 1 saturated heterocycles. The molecule has 2 fully saturated rings. The Morgan fingerprint density at radius 1 is 1.69 bits per heavy atom. The largest absolute Gasteiger partial charge is 0.464 e. The number of alkyl carbamates (subject to hydrolysis) is 1. The van der Waals surface area contributed by atoms with Crippen molar-refractivity contribution in [1.82, 2.24) is 5.32 Å². The van der Waals surface area contributed by atoms with Gasteiger partial charge in [0, 0.05) is 6.42 Å². The maximum atomic E-state index is 10.8. The molecule has 13 heavy (non-hydrogen) atoms. The Hall–Kier alpha value is -1.26. The SMILES string of the molecule is O=CO[C@@H]1CCC2(CNC(=O)O2)C1. The van der Waals surface area contributed by atoms with Crippen molar-refractivity contribution in [3.8, 4) is 0 Å². The van der Waals surface area contributed by atoms with Crippen LogP contribution in [0.5, 0.6) is 0 Å². The van der Waals surface area contributed by atoms with Gasteiger partial charge in [-0.05, 0) is 12.8 Å². The summed E-state index contributed by atoms with van der Waals surface area (Å²) in [5.74, 6) is 0. The minimum atomic E-state index is -0.412. The molecular formula is C8H11NO4. The fourth-order valence-electron chi connectivity index (χ4n) is 1.99. The molecule has 0 bridgehead atoms. The highest BCUT2D eigenvalue weighted by Gasteiger charge is 2.47. The van der Waals surface area contributed by atoms with Gasteiger partial charge in [-0.25, -0.2) is 4.79 Å². The lowest BCUT2D eigenvalue weighted by Crippen LogP contribution is -2.30. The number of hydrogen-bond acceptors (Lipinski definition) is 4. The first-order valence-electron chi connectivity index (χ1n) is 4.30. The van der Waals surface area contributed by atoms with Gasteiger partial charge in [0.25, 0.3) is 6.47 Å². The highest BCUT2D eigenvalue weighted by Crippen LogP contribution is 2.36. The fourth-order valence-corrected chi connectivity index (χ4v) is 1.99. The van der Waals surface area contributed by atoms with E-state index in [1.54, 1.807) is 0 Å². The van der Waals surface area contributed by atoms with Crippen LogP contribution in [-0.2, 0) is 14.3 Å². The van der Waals surface area contributed by atoms with Gasteiger partial charge in [-0.3, -0.25) is 4.79 Å². The molecule has 2 rings (SSSR count). The van der Waals surface area contributed by atoms with Gasteiger partial charge in [0.05, 0.1) is 6.54 Å². The highest BCUT2D eigenvalue weighted by atomic mass is 16.6. The third kappa shape index (κ3) is 1.46. The van der Waals surface area contributed by atoms with E-state index in [0.29, 0.717) is 19.4 Å². The second-order valence-corrected chi connectivity index (χ2v) is 3.52. The molecule has 0 aromatic rings. The summed E-state index contributed by atoms with van der Waals surface area (Å²) < 4.78 is 9.97. The fraction of sp³-hybridized carbons (Fsp3) is 0.750. The number of ether oxygens (including phenoxy) is 2. The van der Waals surface area contributed by atoms with Gasteiger partial charge in [0.15, 0.2) is 0 Å². The number of nitrogens with one attached hydrogen (secondary N) is 1. The summed E-state index contributed by atoms with van der Waals surface area (Å²) in [6.07, 6.45) is 1.69. The smallest absolute Gasteiger partial charge is 0.407 e. The number of hydrogen-bond donors (Lipinski definition) is 1. The number of carbonyl (C=O) groups excluding carboxylic acids is 2. The van der Waals surface area contributed by atoms with Gasteiger partial charge in [-0.15, -0.1) is 0 Å². The van der Waals surface area contributed by atoms with Crippen LogP contribution in [0, 0.1) is 0 Å². The standard InChI is InChI=1S/C8H11NO4/c10-5-12-6-1-2-8(3-6)4-9-7(11)13-8/h5-6H,1-4H2,(H,9,11)/t6-,8?/m1/s1. The van der Waals surface area contributed by atoms with E-state index in [-0.39, 0.29) is 12.2 Å². The third-order valence-corrected chi connectivity index (χ3v) is 2.63.